The van der Waals surface area contributed by atoms with Crippen LogP contribution in [-0.2, 0) is 11.2 Å². The van der Waals surface area contributed by atoms with Crippen molar-refractivity contribution in [3.05, 3.63) is 35.4 Å². The summed E-state index contributed by atoms with van der Waals surface area (Å²) in [6, 6.07) is 4.46. The molecule has 1 amide bonds. The molecule has 0 spiro atoms. The molecule has 3 heterocycles. The Kier molecular flexibility index (Phi) is 3.02. The third-order valence-electron chi connectivity index (χ3n) is 4.21. The zero-order chi connectivity index (χ0) is 15.1. The van der Waals surface area contributed by atoms with E-state index in [1.165, 1.54) is 6.07 Å². The number of H-pyrrole nitrogens is 1. The van der Waals surface area contributed by atoms with Gasteiger partial charge in [0.25, 0.3) is 5.91 Å². The van der Waals surface area contributed by atoms with E-state index in [4.69, 9.17) is 4.74 Å². The number of benzene rings is 1. The predicted molar refractivity (Wildman–Crippen MR) is 72.4 cm³/mol. The molecule has 0 radical (unpaired) electrons. The number of likely N-dealkylation sites (tertiary alicyclic amines) is 1. The molecule has 0 aliphatic carbocycles. The molecule has 4 rings (SSSR count). The van der Waals surface area contributed by atoms with Gasteiger partial charge >= 0.3 is 0 Å². The molecule has 1 saturated heterocycles. The van der Waals surface area contributed by atoms with Crippen LogP contribution in [0, 0.1) is 5.82 Å². The highest BCUT2D eigenvalue weighted by Gasteiger charge is 2.40. The molecule has 2 aliphatic heterocycles. The molecular weight excluding hydrogens is 289 g/mol. The number of halogens is 1. The van der Waals surface area contributed by atoms with Gasteiger partial charge in [-0.15, -0.1) is 10.2 Å². The van der Waals surface area contributed by atoms with E-state index in [0.29, 0.717) is 23.7 Å². The largest absolute Gasteiger partial charge is 0.480 e. The van der Waals surface area contributed by atoms with Gasteiger partial charge in [-0.2, -0.15) is 5.21 Å². The van der Waals surface area contributed by atoms with Crippen molar-refractivity contribution in [1.29, 1.82) is 0 Å². The summed E-state index contributed by atoms with van der Waals surface area (Å²) in [5.41, 5.74) is 0.469. The van der Waals surface area contributed by atoms with Crippen molar-refractivity contribution in [3.8, 4) is 5.75 Å². The Bertz CT molecular complexity index is 705. The number of carbonyl (C=O) groups excluding carboxylic acids is 1. The number of hydrogen-bond acceptors (Lipinski definition) is 5. The molecule has 22 heavy (non-hydrogen) atoms. The first-order valence-corrected chi connectivity index (χ1v) is 7.22. The van der Waals surface area contributed by atoms with Crippen molar-refractivity contribution in [2.45, 2.75) is 31.4 Å². The van der Waals surface area contributed by atoms with Gasteiger partial charge in [-0.05, 0) is 25.0 Å². The SMILES string of the molecule is O=C(C1Cc2c(F)cccc2O1)N1CCC[C@H]1c1nn[nH]n1. The molecule has 1 unspecified atom stereocenters. The Morgan fingerprint density at radius 2 is 2.36 bits per heavy atom. The second-order valence-electron chi connectivity index (χ2n) is 5.49. The van der Waals surface area contributed by atoms with Crippen LogP contribution in [-0.4, -0.2) is 44.1 Å². The van der Waals surface area contributed by atoms with E-state index in [9.17, 15) is 9.18 Å². The van der Waals surface area contributed by atoms with Crippen LogP contribution in [0.5, 0.6) is 5.75 Å². The molecule has 114 valence electrons. The summed E-state index contributed by atoms with van der Waals surface area (Å²) in [5.74, 6) is 0.480. The second-order valence-corrected chi connectivity index (χ2v) is 5.49. The second kappa shape index (κ2) is 5.04. The molecule has 1 aromatic heterocycles. The van der Waals surface area contributed by atoms with Crippen molar-refractivity contribution in [1.82, 2.24) is 25.5 Å². The summed E-state index contributed by atoms with van der Waals surface area (Å²) >= 11 is 0. The Hall–Kier alpha value is -2.51. The zero-order valence-corrected chi connectivity index (χ0v) is 11.7. The van der Waals surface area contributed by atoms with Crippen LogP contribution in [0.1, 0.15) is 30.3 Å². The lowest BCUT2D eigenvalue weighted by atomic mass is 10.1. The number of carbonyl (C=O) groups is 1. The fraction of sp³-hybridized carbons (Fsp3) is 0.429. The van der Waals surface area contributed by atoms with Gasteiger partial charge in [0, 0.05) is 18.5 Å². The monoisotopic (exact) mass is 303 g/mol. The molecule has 1 aromatic carbocycles. The fourth-order valence-electron chi connectivity index (χ4n) is 3.16. The van der Waals surface area contributed by atoms with Gasteiger partial charge in [0.05, 0.1) is 6.04 Å². The minimum atomic E-state index is -0.681. The van der Waals surface area contributed by atoms with Crippen LogP contribution in [0.2, 0.25) is 0 Å². The number of amides is 1. The van der Waals surface area contributed by atoms with Gasteiger partial charge in [-0.1, -0.05) is 11.3 Å². The van der Waals surface area contributed by atoms with Crippen molar-refractivity contribution in [3.63, 3.8) is 0 Å². The molecule has 1 N–H and O–H groups in total. The van der Waals surface area contributed by atoms with Crippen molar-refractivity contribution in [2.75, 3.05) is 6.54 Å². The molecule has 7 nitrogen and oxygen atoms in total. The molecular formula is C14H14FN5O2. The van der Waals surface area contributed by atoms with E-state index >= 15 is 0 Å². The summed E-state index contributed by atoms with van der Waals surface area (Å²) in [5, 5.41) is 13.9. The van der Waals surface area contributed by atoms with Gasteiger partial charge < -0.3 is 9.64 Å². The number of rotatable bonds is 2. The first-order chi connectivity index (χ1) is 10.7. The number of nitrogens with one attached hydrogen (secondary N) is 1. The summed E-state index contributed by atoms with van der Waals surface area (Å²) < 4.78 is 19.4. The maximum atomic E-state index is 13.8. The molecule has 8 heteroatoms. The number of tetrazole rings is 1. The van der Waals surface area contributed by atoms with E-state index in [-0.39, 0.29) is 24.2 Å². The van der Waals surface area contributed by atoms with E-state index in [1.54, 1.807) is 17.0 Å². The van der Waals surface area contributed by atoms with E-state index in [2.05, 4.69) is 20.6 Å². The van der Waals surface area contributed by atoms with Crippen LogP contribution in [0.15, 0.2) is 18.2 Å². The molecule has 2 atom stereocenters. The Morgan fingerprint density at radius 1 is 1.45 bits per heavy atom. The first kappa shape index (κ1) is 13.2. The summed E-state index contributed by atoms with van der Waals surface area (Å²) in [4.78, 5) is 14.4. The van der Waals surface area contributed by atoms with E-state index in [0.717, 1.165) is 12.8 Å². The van der Waals surface area contributed by atoms with Crippen LogP contribution in [0.4, 0.5) is 4.39 Å². The van der Waals surface area contributed by atoms with Gasteiger partial charge in [-0.25, -0.2) is 4.39 Å². The highest BCUT2D eigenvalue weighted by molar-refractivity contribution is 5.83. The molecule has 0 bridgehead atoms. The van der Waals surface area contributed by atoms with Crippen LogP contribution < -0.4 is 4.74 Å². The highest BCUT2D eigenvalue weighted by atomic mass is 19.1. The highest BCUT2D eigenvalue weighted by Crippen LogP contribution is 2.35. The number of aromatic amines is 1. The Balaban J connectivity index is 1.55. The smallest absolute Gasteiger partial charge is 0.264 e. The standard InChI is InChI=1S/C14H14FN5O2/c15-9-3-1-5-11-8(9)7-12(22-11)14(21)20-6-2-4-10(20)13-16-18-19-17-13/h1,3,5,10,12H,2,4,6-7H2,(H,16,17,18,19)/t10-,12?/m0/s1. The maximum Gasteiger partial charge on any atom is 0.264 e. The number of hydrogen-bond donors (Lipinski definition) is 1. The number of aromatic nitrogens is 4. The average molecular weight is 303 g/mol. The normalized spacial score (nSPS) is 23.4. The van der Waals surface area contributed by atoms with Crippen molar-refractivity contribution >= 4 is 5.91 Å². The van der Waals surface area contributed by atoms with Crippen molar-refractivity contribution in [2.24, 2.45) is 0 Å². The lowest BCUT2D eigenvalue weighted by Gasteiger charge is -2.24. The Morgan fingerprint density at radius 3 is 3.14 bits per heavy atom. The minimum Gasteiger partial charge on any atom is -0.480 e. The van der Waals surface area contributed by atoms with Crippen LogP contribution in [0.25, 0.3) is 0 Å². The molecule has 2 aromatic rings. The molecule has 0 saturated carbocycles. The van der Waals surface area contributed by atoms with Gasteiger partial charge in [0.2, 0.25) is 0 Å². The van der Waals surface area contributed by atoms with E-state index in [1.807, 2.05) is 0 Å². The number of fused-ring (bicyclic) bond motifs is 1. The lowest BCUT2D eigenvalue weighted by Crippen LogP contribution is -2.41. The minimum absolute atomic E-state index is 0.150. The fourth-order valence-corrected chi connectivity index (χ4v) is 3.16. The lowest BCUT2D eigenvalue weighted by molar-refractivity contribution is -0.139. The summed E-state index contributed by atoms with van der Waals surface area (Å²) in [7, 11) is 0. The third-order valence-corrected chi connectivity index (χ3v) is 4.21. The first-order valence-electron chi connectivity index (χ1n) is 7.22. The van der Waals surface area contributed by atoms with Crippen LogP contribution >= 0.6 is 0 Å². The third kappa shape index (κ3) is 2.02. The predicted octanol–water partition coefficient (Wildman–Crippen LogP) is 1.01. The van der Waals surface area contributed by atoms with Crippen molar-refractivity contribution < 1.29 is 13.9 Å². The number of nitrogens with zero attached hydrogens (tertiary/aromatic N) is 4. The number of ether oxygens (including phenoxy) is 1. The summed E-state index contributed by atoms with van der Waals surface area (Å²) in [6.45, 7) is 0.622. The van der Waals surface area contributed by atoms with Gasteiger partial charge in [-0.3, -0.25) is 4.79 Å². The van der Waals surface area contributed by atoms with Crippen LogP contribution in [0.3, 0.4) is 0 Å². The molecule has 1 fully saturated rings. The topological polar surface area (TPSA) is 84.0 Å². The summed E-state index contributed by atoms with van der Waals surface area (Å²) in [6.07, 6.45) is 1.24. The maximum absolute atomic E-state index is 13.8. The quantitative estimate of drug-likeness (QED) is 0.895. The zero-order valence-electron chi connectivity index (χ0n) is 11.7. The average Bonchev–Trinajstić information content (AvgIpc) is 3.25. The van der Waals surface area contributed by atoms with E-state index < -0.39 is 6.10 Å². The van der Waals surface area contributed by atoms with Gasteiger partial charge in [0.1, 0.15) is 11.6 Å². The Labute approximate surface area is 125 Å². The molecule has 2 aliphatic rings. The van der Waals surface area contributed by atoms with Gasteiger partial charge in [0.15, 0.2) is 11.9 Å².